The highest BCUT2D eigenvalue weighted by Gasteiger charge is 2.06. The lowest BCUT2D eigenvalue weighted by Crippen LogP contribution is -2.17. The number of nitrogens with zero attached hydrogens (tertiary/aromatic N) is 1. The van der Waals surface area contributed by atoms with E-state index in [1.54, 1.807) is 0 Å². The van der Waals surface area contributed by atoms with Gasteiger partial charge in [0.15, 0.2) is 0 Å². The quantitative estimate of drug-likeness (QED) is 0.823. The molecule has 0 spiro atoms. The average Bonchev–Trinajstić information content (AvgIpc) is 2.20. The van der Waals surface area contributed by atoms with Gasteiger partial charge in [0.2, 0.25) is 0 Å². The van der Waals surface area contributed by atoms with Crippen molar-refractivity contribution in [1.82, 2.24) is 0 Å². The Balaban J connectivity index is 2.68. The summed E-state index contributed by atoms with van der Waals surface area (Å²) in [4.78, 5) is 0. The molecule has 0 saturated heterocycles. The van der Waals surface area contributed by atoms with E-state index in [9.17, 15) is 0 Å². The molecule has 1 N–H and O–H groups in total. The van der Waals surface area contributed by atoms with Gasteiger partial charge in [0.1, 0.15) is 0 Å². The SMILES string of the molecule is CCC(CC#N)Nc1ccccc1Cl. The Morgan fingerprint density at radius 2 is 2.21 bits per heavy atom. The van der Waals surface area contributed by atoms with Crippen molar-refractivity contribution in [3.63, 3.8) is 0 Å². The van der Waals surface area contributed by atoms with Gasteiger partial charge in [-0.05, 0) is 18.6 Å². The van der Waals surface area contributed by atoms with Crippen LogP contribution in [0.3, 0.4) is 0 Å². The van der Waals surface area contributed by atoms with E-state index in [1.165, 1.54) is 0 Å². The number of nitrogens with one attached hydrogen (secondary N) is 1. The Hall–Kier alpha value is -1.20. The number of hydrogen-bond donors (Lipinski definition) is 1. The standard InChI is InChI=1S/C11H13ClN2/c1-2-9(7-8-13)14-11-6-4-3-5-10(11)12/h3-6,9,14H,2,7H2,1H3. The summed E-state index contributed by atoms with van der Waals surface area (Å²) < 4.78 is 0. The van der Waals surface area contributed by atoms with Gasteiger partial charge in [0, 0.05) is 6.04 Å². The van der Waals surface area contributed by atoms with E-state index in [1.807, 2.05) is 31.2 Å². The maximum absolute atomic E-state index is 8.59. The number of halogens is 1. The van der Waals surface area contributed by atoms with E-state index in [0.29, 0.717) is 11.4 Å². The number of nitriles is 1. The summed E-state index contributed by atoms with van der Waals surface area (Å²) in [6.07, 6.45) is 1.42. The molecular formula is C11H13ClN2. The predicted molar refractivity (Wildman–Crippen MR) is 59.4 cm³/mol. The minimum absolute atomic E-state index is 0.180. The van der Waals surface area contributed by atoms with Gasteiger partial charge in [-0.2, -0.15) is 5.26 Å². The number of rotatable bonds is 4. The molecule has 0 radical (unpaired) electrons. The van der Waals surface area contributed by atoms with Crippen molar-refractivity contribution < 1.29 is 0 Å². The van der Waals surface area contributed by atoms with Crippen LogP contribution in [0.2, 0.25) is 5.02 Å². The molecule has 1 unspecified atom stereocenters. The number of benzene rings is 1. The highest BCUT2D eigenvalue weighted by atomic mass is 35.5. The third kappa shape index (κ3) is 2.93. The lowest BCUT2D eigenvalue weighted by Gasteiger charge is -2.15. The van der Waals surface area contributed by atoms with Crippen LogP contribution in [-0.2, 0) is 0 Å². The Morgan fingerprint density at radius 1 is 1.50 bits per heavy atom. The zero-order chi connectivity index (χ0) is 10.4. The Bertz CT molecular complexity index is 330. The van der Waals surface area contributed by atoms with Gasteiger partial charge in [-0.1, -0.05) is 30.7 Å². The van der Waals surface area contributed by atoms with Gasteiger partial charge in [0.25, 0.3) is 0 Å². The first-order chi connectivity index (χ1) is 6.77. The average molecular weight is 209 g/mol. The first-order valence-corrected chi connectivity index (χ1v) is 5.03. The first-order valence-electron chi connectivity index (χ1n) is 4.66. The number of para-hydroxylation sites is 1. The summed E-state index contributed by atoms with van der Waals surface area (Å²) >= 11 is 5.98. The molecule has 1 rings (SSSR count). The molecule has 2 nitrogen and oxygen atoms in total. The van der Waals surface area contributed by atoms with Crippen LogP contribution in [-0.4, -0.2) is 6.04 Å². The molecule has 1 aromatic rings. The van der Waals surface area contributed by atoms with Gasteiger partial charge in [-0.15, -0.1) is 0 Å². The monoisotopic (exact) mass is 208 g/mol. The van der Waals surface area contributed by atoms with Crippen LogP contribution in [0.25, 0.3) is 0 Å². The molecule has 3 heteroatoms. The van der Waals surface area contributed by atoms with E-state index >= 15 is 0 Å². The minimum Gasteiger partial charge on any atom is -0.380 e. The molecule has 0 aliphatic carbocycles. The normalized spacial score (nSPS) is 11.8. The lowest BCUT2D eigenvalue weighted by molar-refractivity contribution is 0.711. The van der Waals surface area contributed by atoms with Gasteiger partial charge < -0.3 is 5.32 Å². The molecule has 0 heterocycles. The maximum atomic E-state index is 8.59. The number of anilines is 1. The second kappa shape index (κ2) is 5.51. The van der Waals surface area contributed by atoms with Crippen molar-refractivity contribution in [2.75, 3.05) is 5.32 Å². The summed E-state index contributed by atoms with van der Waals surface area (Å²) in [5.41, 5.74) is 0.899. The Morgan fingerprint density at radius 3 is 2.79 bits per heavy atom. The van der Waals surface area contributed by atoms with Crippen LogP contribution >= 0.6 is 11.6 Å². The molecular weight excluding hydrogens is 196 g/mol. The highest BCUT2D eigenvalue weighted by Crippen LogP contribution is 2.22. The summed E-state index contributed by atoms with van der Waals surface area (Å²) in [6.45, 7) is 2.05. The van der Waals surface area contributed by atoms with Crippen LogP contribution in [0.5, 0.6) is 0 Å². The first kappa shape index (κ1) is 10.9. The summed E-state index contributed by atoms with van der Waals surface area (Å²) in [6, 6.07) is 9.90. The smallest absolute Gasteiger partial charge is 0.0643 e. The number of hydrogen-bond acceptors (Lipinski definition) is 2. The summed E-state index contributed by atoms with van der Waals surface area (Å²) in [7, 11) is 0. The molecule has 0 fully saturated rings. The highest BCUT2D eigenvalue weighted by molar-refractivity contribution is 6.33. The second-order valence-corrected chi connectivity index (χ2v) is 3.50. The van der Waals surface area contributed by atoms with Crippen molar-refractivity contribution in [1.29, 1.82) is 5.26 Å². The van der Waals surface area contributed by atoms with Crippen molar-refractivity contribution >= 4 is 17.3 Å². The van der Waals surface area contributed by atoms with Gasteiger partial charge >= 0.3 is 0 Å². The predicted octanol–water partition coefficient (Wildman–Crippen LogP) is 3.44. The molecule has 0 saturated carbocycles. The topological polar surface area (TPSA) is 35.8 Å². The Kier molecular flexibility index (Phi) is 4.28. The largest absolute Gasteiger partial charge is 0.380 e. The molecule has 14 heavy (non-hydrogen) atoms. The van der Waals surface area contributed by atoms with Crippen molar-refractivity contribution in [2.45, 2.75) is 25.8 Å². The zero-order valence-corrected chi connectivity index (χ0v) is 8.88. The summed E-state index contributed by atoms with van der Waals surface area (Å²) in [5, 5.41) is 12.5. The minimum atomic E-state index is 0.180. The maximum Gasteiger partial charge on any atom is 0.0643 e. The van der Waals surface area contributed by atoms with Gasteiger partial charge in [-0.25, -0.2) is 0 Å². The van der Waals surface area contributed by atoms with Crippen LogP contribution in [0.4, 0.5) is 5.69 Å². The Labute approximate surface area is 89.5 Å². The molecule has 1 atom stereocenters. The third-order valence-electron chi connectivity index (χ3n) is 2.06. The molecule has 74 valence electrons. The fourth-order valence-electron chi connectivity index (χ4n) is 1.21. The molecule has 0 amide bonds. The fraction of sp³-hybridized carbons (Fsp3) is 0.364. The zero-order valence-electron chi connectivity index (χ0n) is 8.13. The molecule has 0 bridgehead atoms. The summed E-state index contributed by atoms with van der Waals surface area (Å²) in [5.74, 6) is 0. The second-order valence-electron chi connectivity index (χ2n) is 3.09. The van der Waals surface area contributed by atoms with Gasteiger partial charge in [-0.3, -0.25) is 0 Å². The van der Waals surface area contributed by atoms with Crippen molar-refractivity contribution in [2.24, 2.45) is 0 Å². The van der Waals surface area contributed by atoms with E-state index < -0.39 is 0 Å². The van der Waals surface area contributed by atoms with Crippen LogP contribution < -0.4 is 5.32 Å². The van der Waals surface area contributed by atoms with Gasteiger partial charge in [0.05, 0.1) is 23.2 Å². The van der Waals surface area contributed by atoms with Crippen LogP contribution in [0, 0.1) is 11.3 Å². The van der Waals surface area contributed by atoms with E-state index in [-0.39, 0.29) is 6.04 Å². The third-order valence-corrected chi connectivity index (χ3v) is 2.39. The lowest BCUT2D eigenvalue weighted by atomic mass is 10.1. The van der Waals surface area contributed by atoms with Crippen molar-refractivity contribution in [3.05, 3.63) is 29.3 Å². The van der Waals surface area contributed by atoms with E-state index in [2.05, 4.69) is 11.4 Å². The van der Waals surface area contributed by atoms with Crippen LogP contribution in [0.15, 0.2) is 24.3 Å². The molecule has 0 aliphatic heterocycles. The van der Waals surface area contributed by atoms with E-state index in [0.717, 1.165) is 12.1 Å². The molecule has 0 aromatic heterocycles. The van der Waals surface area contributed by atoms with Crippen LogP contribution in [0.1, 0.15) is 19.8 Å². The molecule has 1 aromatic carbocycles. The fourth-order valence-corrected chi connectivity index (χ4v) is 1.40. The van der Waals surface area contributed by atoms with E-state index in [4.69, 9.17) is 16.9 Å². The molecule has 0 aliphatic rings. The van der Waals surface area contributed by atoms with Crippen molar-refractivity contribution in [3.8, 4) is 6.07 Å².